The molecule has 0 aromatic carbocycles. The Morgan fingerprint density at radius 2 is 2.47 bits per heavy atom. The second-order valence-electron chi connectivity index (χ2n) is 3.67. The fourth-order valence-electron chi connectivity index (χ4n) is 1.64. The second-order valence-corrected chi connectivity index (χ2v) is 3.67. The first-order valence-corrected chi connectivity index (χ1v) is 5.20. The highest BCUT2D eigenvalue weighted by Crippen LogP contribution is 2.09. The topological polar surface area (TPSA) is 73.9 Å². The van der Waals surface area contributed by atoms with Crippen LogP contribution < -0.4 is 5.32 Å². The van der Waals surface area contributed by atoms with Gasteiger partial charge in [-0.25, -0.2) is 0 Å². The highest BCUT2D eigenvalue weighted by Gasteiger charge is 2.29. The van der Waals surface area contributed by atoms with E-state index in [0.717, 1.165) is 26.1 Å². The molecule has 2 N–H and O–H groups in total. The lowest BCUT2D eigenvalue weighted by atomic mass is 10.1. The molecule has 0 radical (unpaired) electrons. The highest BCUT2D eigenvalue weighted by molar-refractivity contribution is 5.92. The molecule has 2 rings (SSSR count). The van der Waals surface area contributed by atoms with Gasteiger partial charge in [0, 0.05) is 19.6 Å². The zero-order valence-corrected chi connectivity index (χ0v) is 8.73. The van der Waals surface area contributed by atoms with Crippen LogP contribution in [0.3, 0.4) is 0 Å². The molecule has 1 aliphatic heterocycles. The van der Waals surface area contributed by atoms with Gasteiger partial charge in [-0.3, -0.25) is 4.79 Å². The van der Waals surface area contributed by atoms with Gasteiger partial charge in [-0.05, 0) is 6.42 Å². The van der Waals surface area contributed by atoms with Crippen LogP contribution >= 0.6 is 0 Å². The van der Waals surface area contributed by atoms with Crippen molar-refractivity contribution in [1.29, 1.82) is 0 Å². The summed E-state index contributed by atoms with van der Waals surface area (Å²) in [7, 11) is 0. The molecule has 6 heteroatoms. The van der Waals surface area contributed by atoms with Crippen molar-refractivity contribution in [3.63, 3.8) is 0 Å². The number of nitrogens with zero attached hydrogens (tertiary/aromatic N) is 3. The molecule has 1 saturated heterocycles. The third kappa shape index (κ3) is 1.99. The number of aromatic amines is 1. The molecule has 1 fully saturated rings. The Morgan fingerprint density at radius 1 is 1.67 bits per heavy atom. The Hall–Kier alpha value is -1.43. The maximum absolute atomic E-state index is 12.0. The zero-order valence-electron chi connectivity index (χ0n) is 8.73. The first kappa shape index (κ1) is 10.1. The molecular formula is C9H15N5O. The molecule has 0 bridgehead atoms. The van der Waals surface area contributed by atoms with E-state index in [-0.39, 0.29) is 5.91 Å². The first-order valence-electron chi connectivity index (χ1n) is 5.20. The summed E-state index contributed by atoms with van der Waals surface area (Å²) in [6.07, 6.45) is 2.43. The minimum Gasteiger partial charge on any atom is -0.332 e. The number of H-pyrrole nitrogens is 1. The molecule has 0 spiro atoms. The Morgan fingerprint density at radius 3 is 2.93 bits per heavy atom. The molecule has 2 heterocycles. The molecule has 1 amide bonds. The van der Waals surface area contributed by atoms with Crippen LogP contribution in [0.25, 0.3) is 0 Å². The van der Waals surface area contributed by atoms with E-state index in [4.69, 9.17) is 0 Å². The number of hydrogen-bond donors (Lipinski definition) is 2. The number of rotatable bonds is 4. The number of carbonyl (C=O) groups excluding carboxylic acids is 1. The van der Waals surface area contributed by atoms with E-state index in [1.165, 1.54) is 6.20 Å². The molecule has 1 aliphatic rings. The molecule has 1 aromatic heterocycles. The molecule has 0 saturated carbocycles. The van der Waals surface area contributed by atoms with Gasteiger partial charge in [-0.15, -0.1) is 0 Å². The molecule has 1 aromatic rings. The van der Waals surface area contributed by atoms with Crippen molar-refractivity contribution in [3.05, 3.63) is 11.9 Å². The van der Waals surface area contributed by atoms with Gasteiger partial charge in [0.25, 0.3) is 5.91 Å². The molecule has 0 atom stereocenters. The minimum absolute atomic E-state index is 0.0305. The van der Waals surface area contributed by atoms with Gasteiger partial charge < -0.3 is 10.2 Å². The third-order valence-electron chi connectivity index (χ3n) is 2.56. The van der Waals surface area contributed by atoms with E-state index >= 15 is 0 Å². The summed E-state index contributed by atoms with van der Waals surface area (Å²) in [6, 6.07) is 0.314. The van der Waals surface area contributed by atoms with Gasteiger partial charge in [-0.1, -0.05) is 6.92 Å². The van der Waals surface area contributed by atoms with Gasteiger partial charge in [0.15, 0.2) is 5.69 Å². The van der Waals surface area contributed by atoms with Crippen LogP contribution in [0.5, 0.6) is 0 Å². The van der Waals surface area contributed by atoms with E-state index < -0.39 is 0 Å². The quantitative estimate of drug-likeness (QED) is 0.709. The first-order chi connectivity index (χ1) is 7.33. The Balaban J connectivity index is 2.06. The fraction of sp³-hybridized carbons (Fsp3) is 0.667. The predicted molar refractivity (Wildman–Crippen MR) is 54.4 cm³/mol. The average Bonchev–Trinajstić information content (AvgIpc) is 2.66. The maximum atomic E-state index is 12.0. The van der Waals surface area contributed by atoms with E-state index in [1.807, 2.05) is 4.90 Å². The number of hydrogen-bond acceptors (Lipinski definition) is 4. The van der Waals surface area contributed by atoms with Crippen molar-refractivity contribution in [1.82, 2.24) is 25.6 Å². The van der Waals surface area contributed by atoms with Gasteiger partial charge in [-0.2, -0.15) is 15.4 Å². The second kappa shape index (κ2) is 4.39. The van der Waals surface area contributed by atoms with Crippen molar-refractivity contribution in [2.24, 2.45) is 0 Å². The highest BCUT2D eigenvalue weighted by atomic mass is 16.2. The van der Waals surface area contributed by atoms with Crippen LogP contribution in [0, 0.1) is 0 Å². The monoisotopic (exact) mass is 209 g/mol. The molecule has 6 nitrogen and oxygen atoms in total. The smallest absolute Gasteiger partial charge is 0.276 e. The molecular weight excluding hydrogens is 194 g/mol. The van der Waals surface area contributed by atoms with Crippen LogP contribution in [-0.2, 0) is 0 Å². The summed E-state index contributed by atoms with van der Waals surface area (Å²) in [4.78, 5) is 13.9. The fourth-order valence-corrected chi connectivity index (χ4v) is 1.64. The lowest BCUT2D eigenvalue weighted by Crippen LogP contribution is -2.59. The lowest BCUT2D eigenvalue weighted by molar-refractivity contribution is 0.0609. The molecule has 0 aliphatic carbocycles. The van der Waals surface area contributed by atoms with E-state index in [0.29, 0.717) is 11.7 Å². The van der Waals surface area contributed by atoms with Crippen molar-refractivity contribution in [2.75, 3.05) is 19.6 Å². The Labute approximate surface area is 88.0 Å². The predicted octanol–water partition coefficient (Wildman–Crippen LogP) is -0.371. The van der Waals surface area contributed by atoms with Gasteiger partial charge in [0.05, 0.1) is 12.2 Å². The number of carbonyl (C=O) groups is 1. The SMILES string of the molecule is CCCN(C(=O)c1cn[nH]n1)C1CNC1. The summed E-state index contributed by atoms with van der Waals surface area (Å²) in [5.74, 6) is -0.0305. The van der Waals surface area contributed by atoms with Gasteiger partial charge in [0.2, 0.25) is 0 Å². The normalized spacial score (nSPS) is 16.1. The van der Waals surface area contributed by atoms with Gasteiger partial charge >= 0.3 is 0 Å². The van der Waals surface area contributed by atoms with E-state index in [9.17, 15) is 4.79 Å². The third-order valence-corrected chi connectivity index (χ3v) is 2.56. The lowest BCUT2D eigenvalue weighted by Gasteiger charge is -2.37. The van der Waals surface area contributed by atoms with Gasteiger partial charge in [0.1, 0.15) is 0 Å². The van der Waals surface area contributed by atoms with Crippen LogP contribution in [-0.4, -0.2) is 51.9 Å². The van der Waals surface area contributed by atoms with Crippen molar-refractivity contribution in [3.8, 4) is 0 Å². The average molecular weight is 209 g/mol. The van der Waals surface area contributed by atoms with Crippen molar-refractivity contribution < 1.29 is 4.79 Å². The number of amides is 1. The van der Waals surface area contributed by atoms with E-state index in [2.05, 4.69) is 27.7 Å². The van der Waals surface area contributed by atoms with Crippen LogP contribution in [0.2, 0.25) is 0 Å². The summed E-state index contributed by atoms with van der Waals surface area (Å²) in [6.45, 7) is 4.60. The largest absolute Gasteiger partial charge is 0.332 e. The van der Waals surface area contributed by atoms with Crippen molar-refractivity contribution >= 4 is 5.91 Å². The number of nitrogens with one attached hydrogen (secondary N) is 2. The summed E-state index contributed by atoms with van der Waals surface area (Å²) >= 11 is 0. The Kier molecular flexibility index (Phi) is 2.96. The zero-order chi connectivity index (χ0) is 10.7. The number of aromatic nitrogens is 3. The standard InChI is InChI=1S/C9H15N5O/c1-2-3-14(7-4-10-5-7)9(15)8-6-11-13-12-8/h6-7,10H,2-5H2,1H3,(H,11,12,13). The summed E-state index contributed by atoms with van der Waals surface area (Å²) in [5.41, 5.74) is 0.398. The van der Waals surface area contributed by atoms with Crippen LogP contribution in [0.1, 0.15) is 23.8 Å². The molecule has 82 valence electrons. The summed E-state index contributed by atoms with van der Waals surface area (Å²) in [5, 5.41) is 13.1. The minimum atomic E-state index is -0.0305. The molecule has 15 heavy (non-hydrogen) atoms. The van der Waals surface area contributed by atoms with Crippen molar-refractivity contribution in [2.45, 2.75) is 19.4 Å². The summed E-state index contributed by atoms with van der Waals surface area (Å²) < 4.78 is 0. The Bertz CT molecular complexity index is 319. The van der Waals surface area contributed by atoms with Crippen LogP contribution in [0.4, 0.5) is 0 Å². The van der Waals surface area contributed by atoms with E-state index in [1.54, 1.807) is 0 Å². The van der Waals surface area contributed by atoms with Crippen LogP contribution in [0.15, 0.2) is 6.20 Å². The maximum Gasteiger partial charge on any atom is 0.276 e. The molecule has 0 unspecified atom stereocenters.